The van der Waals surface area contributed by atoms with Gasteiger partial charge in [-0.25, -0.2) is 0 Å². The molecule has 0 unspecified atom stereocenters. The third-order valence-electron chi connectivity index (χ3n) is 3.51. The summed E-state index contributed by atoms with van der Waals surface area (Å²) in [6.07, 6.45) is 0.853. The van der Waals surface area contributed by atoms with Gasteiger partial charge in [-0.1, -0.05) is 12.1 Å². The number of carbonyl (C=O) groups excluding carboxylic acids is 1. The van der Waals surface area contributed by atoms with Crippen molar-refractivity contribution in [1.82, 2.24) is 5.32 Å². The lowest BCUT2D eigenvalue weighted by molar-refractivity contribution is -0.149. The number of rotatable bonds is 5. The minimum absolute atomic E-state index is 0.332. The number of hydrogen-bond donors (Lipinski definition) is 2. The van der Waals surface area contributed by atoms with Crippen molar-refractivity contribution < 1.29 is 19.4 Å². The fraction of sp³-hybridized carbons (Fsp3) is 0.429. The van der Waals surface area contributed by atoms with E-state index in [2.05, 4.69) is 5.32 Å². The SMILES string of the molecule is COc1ccc(CNC(=O)C2(C(=O)O)CC2)cc1C. The topological polar surface area (TPSA) is 75.6 Å². The normalized spacial score (nSPS) is 15.7. The third kappa shape index (κ3) is 2.54. The summed E-state index contributed by atoms with van der Waals surface area (Å²) in [5.74, 6) is -0.636. The zero-order chi connectivity index (χ0) is 14.0. The Labute approximate surface area is 111 Å². The van der Waals surface area contributed by atoms with E-state index in [4.69, 9.17) is 9.84 Å². The van der Waals surface area contributed by atoms with Crippen molar-refractivity contribution in [3.8, 4) is 5.75 Å². The second kappa shape index (κ2) is 4.91. The molecule has 1 fully saturated rings. The third-order valence-corrected chi connectivity index (χ3v) is 3.51. The number of aliphatic carboxylic acids is 1. The maximum Gasteiger partial charge on any atom is 0.319 e. The van der Waals surface area contributed by atoms with E-state index in [0.29, 0.717) is 19.4 Å². The van der Waals surface area contributed by atoms with Gasteiger partial charge in [0.1, 0.15) is 11.2 Å². The van der Waals surface area contributed by atoms with Gasteiger partial charge in [0.2, 0.25) is 5.91 Å². The molecule has 0 heterocycles. The first-order chi connectivity index (χ1) is 8.99. The van der Waals surface area contributed by atoms with Crippen molar-refractivity contribution in [2.75, 3.05) is 7.11 Å². The van der Waals surface area contributed by atoms with Gasteiger partial charge in [-0.05, 0) is 37.0 Å². The second-order valence-electron chi connectivity index (χ2n) is 4.87. The highest BCUT2D eigenvalue weighted by molar-refractivity contribution is 6.04. The van der Waals surface area contributed by atoms with Crippen LogP contribution >= 0.6 is 0 Å². The molecule has 1 aromatic rings. The molecule has 0 radical (unpaired) electrons. The van der Waals surface area contributed by atoms with Gasteiger partial charge in [-0.15, -0.1) is 0 Å². The van der Waals surface area contributed by atoms with Crippen LogP contribution in [0, 0.1) is 12.3 Å². The van der Waals surface area contributed by atoms with Gasteiger partial charge in [0.15, 0.2) is 0 Å². The van der Waals surface area contributed by atoms with Crippen molar-refractivity contribution >= 4 is 11.9 Å². The molecule has 1 amide bonds. The van der Waals surface area contributed by atoms with Crippen molar-refractivity contribution in [2.24, 2.45) is 5.41 Å². The summed E-state index contributed by atoms with van der Waals surface area (Å²) in [7, 11) is 1.60. The molecular formula is C14H17NO4. The molecule has 0 aliphatic heterocycles. The molecule has 102 valence electrons. The summed E-state index contributed by atoms with van der Waals surface area (Å²) < 4.78 is 5.16. The van der Waals surface area contributed by atoms with E-state index in [-0.39, 0.29) is 0 Å². The maximum atomic E-state index is 11.8. The van der Waals surface area contributed by atoms with E-state index in [1.54, 1.807) is 7.11 Å². The van der Waals surface area contributed by atoms with Crippen molar-refractivity contribution in [3.63, 3.8) is 0 Å². The molecular weight excluding hydrogens is 246 g/mol. The molecule has 0 spiro atoms. The molecule has 5 nitrogen and oxygen atoms in total. The molecule has 0 atom stereocenters. The zero-order valence-corrected chi connectivity index (χ0v) is 11.0. The van der Waals surface area contributed by atoms with Crippen LogP contribution < -0.4 is 10.1 Å². The number of amides is 1. The van der Waals surface area contributed by atoms with Crippen LogP contribution in [0.3, 0.4) is 0 Å². The largest absolute Gasteiger partial charge is 0.496 e. The molecule has 19 heavy (non-hydrogen) atoms. The Morgan fingerprint density at radius 3 is 2.58 bits per heavy atom. The first-order valence-corrected chi connectivity index (χ1v) is 6.15. The fourth-order valence-electron chi connectivity index (χ4n) is 2.07. The fourth-order valence-corrected chi connectivity index (χ4v) is 2.07. The van der Waals surface area contributed by atoms with E-state index in [1.807, 2.05) is 25.1 Å². The van der Waals surface area contributed by atoms with Crippen molar-refractivity contribution in [3.05, 3.63) is 29.3 Å². The summed E-state index contributed by atoms with van der Waals surface area (Å²) in [6.45, 7) is 2.25. The Morgan fingerprint density at radius 2 is 2.11 bits per heavy atom. The molecule has 0 saturated heterocycles. The molecule has 1 aliphatic carbocycles. The zero-order valence-electron chi connectivity index (χ0n) is 11.0. The van der Waals surface area contributed by atoms with Gasteiger partial charge < -0.3 is 15.2 Å². The van der Waals surface area contributed by atoms with Crippen molar-refractivity contribution in [2.45, 2.75) is 26.3 Å². The molecule has 5 heteroatoms. The Balaban J connectivity index is 1.98. The summed E-state index contributed by atoms with van der Waals surface area (Å²) in [5, 5.41) is 11.7. The summed E-state index contributed by atoms with van der Waals surface area (Å²) in [5.41, 5.74) is 0.725. The minimum atomic E-state index is -1.18. The lowest BCUT2D eigenvalue weighted by Crippen LogP contribution is -2.36. The number of carboxylic acids is 1. The van der Waals surface area contributed by atoms with Gasteiger partial charge in [-0.2, -0.15) is 0 Å². The molecule has 1 aliphatic rings. The molecule has 1 saturated carbocycles. The van der Waals surface area contributed by atoms with E-state index in [9.17, 15) is 9.59 Å². The smallest absolute Gasteiger partial charge is 0.319 e. The number of benzene rings is 1. The van der Waals surface area contributed by atoms with Crippen LogP contribution in [0.25, 0.3) is 0 Å². The Hall–Kier alpha value is -2.04. The van der Waals surface area contributed by atoms with Crippen LogP contribution in [0.2, 0.25) is 0 Å². The average Bonchev–Trinajstić information content (AvgIpc) is 3.17. The number of carbonyl (C=O) groups is 2. The molecule has 2 rings (SSSR count). The highest BCUT2D eigenvalue weighted by Crippen LogP contribution is 2.46. The van der Waals surface area contributed by atoms with Gasteiger partial charge in [0.25, 0.3) is 0 Å². The number of carboxylic acid groups (broad SMARTS) is 1. The number of ether oxygens (including phenoxy) is 1. The van der Waals surface area contributed by atoms with Crippen LogP contribution in [-0.4, -0.2) is 24.1 Å². The first kappa shape index (κ1) is 13.4. The van der Waals surface area contributed by atoms with E-state index in [0.717, 1.165) is 16.9 Å². The number of aryl methyl sites for hydroxylation is 1. The minimum Gasteiger partial charge on any atom is -0.496 e. The summed E-state index contributed by atoms with van der Waals surface area (Å²) >= 11 is 0. The first-order valence-electron chi connectivity index (χ1n) is 6.15. The van der Waals surface area contributed by atoms with Gasteiger partial charge in [-0.3, -0.25) is 9.59 Å². The van der Waals surface area contributed by atoms with E-state index >= 15 is 0 Å². The molecule has 0 bridgehead atoms. The van der Waals surface area contributed by atoms with E-state index < -0.39 is 17.3 Å². The van der Waals surface area contributed by atoms with E-state index in [1.165, 1.54) is 0 Å². The summed E-state index contributed by atoms with van der Waals surface area (Å²) in [6, 6.07) is 5.60. The van der Waals surface area contributed by atoms with Crippen LogP contribution in [-0.2, 0) is 16.1 Å². The lowest BCUT2D eigenvalue weighted by Gasteiger charge is -2.12. The van der Waals surface area contributed by atoms with Gasteiger partial charge >= 0.3 is 5.97 Å². The standard InChI is InChI=1S/C14H17NO4/c1-9-7-10(3-4-11(9)19-2)8-15-12(16)14(5-6-14)13(17)18/h3-4,7H,5-6,8H2,1-2H3,(H,15,16)(H,17,18). The highest BCUT2D eigenvalue weighted by atomic mass is 16.5. The predicted molar refractivity (Wildman–Crippen MR) is 68.9 cm³/mol. The van der Waals surface area contributed by atoms with Crippen LogP contribution in [0.15, 0.2) is 18.2 Å². The average molecular weight is 263 g/mol. The van der Waals surface area contributed by atoms with Crippen LogP contribution in [0.5, 0.6) is 5.75 Å². The summed E-state index contributed by atoms with van der Waals surface area (Å²) in [4.78, 5) is 22.8. The monoisotopic (exact) mass is 263 g/mol. The quantitative estimate of drug-likeness (QED) is 0.789. The maximum absolute atomic E-state index is 11.8. The second-order valence-corrected chi connectivity index (χ2v) is 4.87. The Morgan fingerprint density at radius 1 is 1.42 bits per heavy atom. The van der Waals surface area contributed by atoms with Gasteiger partial charge in [0.05, 0.1) is 7.11 Å². The van der Waals surface area contributed by atoms with Gasteiger partial charge in [0, 0.05) is 6.54 Å². The number of hydrogen-bond acceptors (Lipinski definition) is 3. The number of methoxy groups -OCH3 is 1. The van der Waals surface area contributed by atoms with Crippen LogP contribution in [0.4, 0.5) is 0 Å². The molecule has 1 aromatic carbocycles. The Bertz CT molecular complexity index is 520. The van der Waals surface area contributed by atoms with Crippen molar-refractivity contribution in [1.29, 1.82) is 0 Å². The lowest BCUT2D eigenvalue weighted by atomic mass is 10.1. The predicted octanol–water partition coefficient (Wildman–Crippen LogP) is 1.48. The molecule has 0 aromatic heterocycles. The van der Waals surface area contributed by atoms with Crippen LogP contribution in [0.1, 0.15) is 24.0 Å². The number of nitrogens with one attached hydrogen (secondary N) is 1. The highest BCUT2D eigenvalue weighted by Gasteiger charge is 2.56. The Kier molecular flexibility index (Phi) is 3.46. The molecule has 2 N–H and O–H groups in total.